The van der Waals surface area contributed by atoms with Gasteiger partial charge in [0.2, 0.25) is 0 Å². The third-order valence-electron chi connectivity index (χ3n) is 2.11. The van der Waals surface area contributed by atoms with Crippen molar-refractivity contribution in [3.05, 3.63) is 53.3 Å². The van der Waals surface area contributed by atoms with Crippen LogP contribution in [0.3, 0.4) is 0 Å². The van der Waals surface area contributed by atoms with Gasteiger partial charge in [0.25, 0.3) is 0 Å². The second kappa shape index (κ2) is 4.24. The maximum Gasteiger partial charge on any atom is 0.0484 e. The molecule has 0 fully saturated rings. The minimum Gasteiger partial charge on any atom is -0.308 e. The van der Waals surface area contributed by atoms with Crippen molar-refractivity contribution in [2.45, 2.75) is 0 Å². The maximum atomic E-state index is 7.16. The number of nitrogens with one attached hydrogen (secondary N) is 1. The van der Waals surface area contributed by atoms with Crippen molar-refractivity contribution in [3.63, 3.8) is 0 Å². The molecule has 0 amide bonds. The SMILES string of the molecule is N=Cc1cncc(-c2ccccc2Cl)c1. The van der Waals surface area contributed by atoms with Gasteiger partial charge in [0.05, 0.1) is 0 Å². The van der Waals surface area contributed by atoms with Gasteiger partial charge in [-0.05, 0) is 12.1 Å². The molecule has 0 bridgehead atoms. The Labute approximate surface area is 93.1 Å². The van der Waals surface area contributed by atoms with E-state index in [-0.39, 0.29) is 0 Å². The quantitative estimate of drug-likeness (QED) is 0.768. The average Bonchev–Trinajstić information content (AvgIpc) is 2.30. The third-order valence-corrected chi connectivity index (χ3v) is 2.44. The predicted octanol–water partition coefficient (Wildman–Crippen LogP) is 3.40. The van der Waals surface area contributed by atoms with E-state index >= 15 is 0 Å². The Morgan fingerprint density at radius 1 is 1.20 bits per heavy atom. The molecular weight excluding hydrogens is 208 g/mol. The number of halogens is 1. The fourth-order valence-electron chi connectivity index (χ4n) is 1.38. The Balaban J connectivity index is 2.54. The molecule has 0 unspecified atom stereocenters. The van der Waals surface area contributed by atoms with Crippen LogP contribution < -0.4 is 0 Å². The van der Waals surface area contributed by atoms with Gasteiger partial charge >= 0.3 is 0 Å². The molecule has 1 aromatic carbocycles. The molecular formula is C12H9ClN2. The van der Waals surface area contributed by atoms with E-state index in [9.17, 15) is 0 Å². The molecule has 2 aromatic rings. The Morgan fingerprint density at radius 3 is 2.73 bits per heavy atom. The van der Waals surface area contributed by atoms with Crippen LogP contribution in [0.1, 0.15) is 5.56 Å². The number of benzene rings is 1. The van der Waals surface area contributed by atoms with E-state index in [1.165, 1.54) is 6.21 Å². The van der Waals surface area contributed by atoms with Gasteiger partial charge in [-0.3, -0.25) is 4.98 Å². The lowest BCUT2D eigenvalue weighted by atomic mass is 10.1. The number of nitrogens with zero attached hydrogens (tertiary/aromatic N) is 1. The minimum atomic E-state index is 0.696. The van der Waals surface area contributed by atoms with Crippen LogP contribution in [0.25, 0.3) is 11.1 Å². The van der Waals surface area contributed by atoms with E-state index in [4.69, 9.17) is 17.0 Å². The van der Waals surface area contributed by atoms with Crippen molar-refractivity contribution < 1.29 is 0 Å². The van der Waals surface area contributed by atoms with Gasteiger partial charge in [0, 0.05) is 40.3 Å². The molecule has 0 atom stereocenters. The smallest absolute Gasteiger partial charge is 0.0484 e. The molecule has 1 aromatic heterocycles. The Hall–Kier alpha value is -1.67. The van der Waals surface area contributed by atoms with E-state index in [2.05, 4.69) is 4.98 Å². The Kier molecular flexibility index (Phi) is 2.79. The highest BCUT2D eigenvalue weighted by atomic mass is 35.5. The van der Waals surface area contributed by atoms with Crippen molar-refractivity contribution >= 4 is 17.8 Å². The number of hydrogen-bond donors (Lipinski definition) is 1. The molecule has 0 radical (unpaired) electrons. The Bertz CT molecular complexity index is 494. The first-order chi connectivity index (χ1) is 7.31. The second-order valence-corrected chi connectivity index (χ2v) is 3.54. The molecule has 0 aliphatic heterocycles. The van der Waals surface area contributed by atoms with Crippen LogP contribution >= 0.6 is 11.6 Å². The molecule has 2 rings (SSSR count). The van der Waals surface area contributed by atoms with Gasteiger partial charge in [-0.2, -0.15) is 0 Å². The molecule has 3 heteroatoms. The van der Waals surface area contributed by atoms with E-state index in [0.717, 1.165) is 16.7 Å². The first kappa shape index (κ1) is 9.87. The third kappa shape index (κ3) is 2.05. The summed E-state index contributed by atoms with van der Waals surface area (Å²) < 4.78 is 0. The van der Waals surface area contributed by atoms with Gasteiger partial charge in [-0.15, -0.1) is 0 Å². The zero-order valence-electron chi connectivity index (χ0n) is 7.94. The van der Waals surface area contributed by atoms with Gasteiger partial charge in [-0.25, -0.2) is 0 Å². The highest BCUT2D eigenvalue weighted by Gasteiger charge is 2.02. The van der Waals surface area contributed by atoms with Crippen LogP contribution in [0.4, 0.5) is 0 Å². The fourth-order valence-corrected chi connectivity index (χ4v) is 1.62. The number of pyridine rings is 1. The van der Waals surface area contributed by atoms with E-state index in [1.54, 1.807) is 12.4 Å². The standard InChI is InChI=1S/C12H9ClN2/c13-12-4-2-1-3-11(12)10-5-9(6-14)7-15-8-10/h1-8,14H. The Morgan fingerprint density at radius 2 is 2.00 bits per heavy atom. The summed E-state index contributed by atoms with van der Waals surface area (Å²) in [6.45, 7) is 0. The lowest BCUT2D eigenvalue weighted by molar-refractivity contribution is 1.31. The monoisotopic (exact) mass is 216 g/mol. The predicted molar refractivity (Wildman–Crippen MR) is 62.6 cm³/mol. The normalized spacial score (nSPS) is 9.93. The zero-order valence-corrected chi connectivity index (χ0v) is 8.70. The molecule has 0 aliphatic rings. The summed E-state index contributed by atoms with van der Waals surface area (Å²) >= 11 is 6.07. The highest BCUT2D eigenvalue weighted by Crippen LogP contribution is 2.26. The summed E-state index contributed by atoms with van der Waals surface area (Å²) in [4.78, 5) is 4.06. The largest absolute Gasteiger partial charge is 0.308 e. The van der Waals surface area contributed by atoms with Gasteiger partial charge in [-0.1, -0.05) is 29.8 Å². The van der Waals surface area contributed by atoms with Crippen molar-refractivity contribution in [1.82, 2.24) is 4.98 Å². The van der Waals surface area contributed by atoms with Crippen molar-refractivity contribution in [1.29, 1.82) is 5.41 Å². The summed E-state index contributed by atoms with van der Waals surface area (Å²) in [5, 5.41) is 7.85. The van der Waals surface area contributed by atoms with Crippen LogP contribution in [-0.2, 0) is 0 Å². The van der Waals surface area contributed by atoms with Crippen molar-refractivity contribution in [3.8, 4) is 11.1 Å². The summed E-state index contributed by atoms with van der Waals surface area (Å²) in [7, 11) is 0. The van der Waals surface area contributed by atoms with Gasteiger partial charge < -0.3 is 5.41 Å². The number of aromatic nitrogens is 1. The lowest BCUT2D eigenvalue weighted by Gasteiger charge is -2.03. The molecule has 0 saturated heterocycles. The molecule has 0 aliphatic carbocycles. The van der Waals surface area contributed by atoms with E-state index in [1.807, 2.05) is 30.3 Å². The molecule has 0 saturated carbocycles. The van der Waals surface area contributed by atoms with Crippen LogP contribution in [0.15, 0.2) is 42.7 Å². The molecule has 15 heavy (non-hydrogen) atoms. The van der Waals surface area contributed by atoms with E-state index in [0.29, 0.717) is 5.02 Å². The number of rotatable bonds is 2. The second-order valence-electron chi connectivity index (χ2n) is 3.13. The zero-order chi connectivity index (χ0) is 10.7. The molecule has 0 spiro atoms. The lowest BCUT2D eigenvalue weighted by Crippen LogP contribution is -1.86. The van der Waals surface area contributed by atoms with Crippen molar-refractivity contribution in [2.75, 3.05) is 0 Å². The van der Waals surface area contributed by atoms with Crippen LogP contribution in [0.5, 0.6) is 0 Å². The summed E-state index contributed by atoms with van der Waals surface area (Å²) in [5.41, 5.74) is 2.64. The summed E-state index contributed by atoms with van der Waals surface area (Å²) in [6, 6.07) is 9.49. The van der Waals surface area contributed by atoms with Gasteiger partial charge in [0.1, 0.15) is 0 Å². The first-order valence-electron chi connectivity index (χ1n) is 4.51. The van der Waals surface area contributed by atoms with Crippen LogP contribution in [0, 0.1) is 5.41 Å². The molecule has 1 N–H and O–H groups in total. The topological polar surface area (TPSA) is 36.7 Å². The van der Waals surface area contributed by atoms with Gasteiger partial charge in [0.15, 0.2) is 0 Å². The molecule has 1 heterocycles. The summed E-state index contributed by atoms with van der Waals surface area (Å²) in [5.74, 6) is 0. The van der Waals surface area contributed by atoms with Crippen molar-refractivity contribution in [2.24, 2.45) is 0 Å². The van der Waals surface area contributed by atoms with E-state index < -0.39 is 0 Å². The number of hydrogen-bond acceptors (Lipinski definition) is 2. The maximum absolute atomic E-state index is 7.16. The fraction of sp³-hybridized carbons (Fsp3) is 0. The highest BCUT2D eigenvalue weighted by molar-refractivity contribution is 6.33. The minimum absolute atomic E-state index is 0.696. The first-order valence-corrected chi connectivity index (χ1v) is 4.89. The van der Waals surface area contributed by atoms with Crippen LogP contribution in [0.2, 0.25) is 5.02 Å². The van der Waals surface area contributed by atoms with Crippen LogP contribution in [-0.4, -0.2) is 11.2 Å². The average molecular weight is 217 g/mol. The molecule has 2 nitrogen and oxygen atoms in total. The summed E-state index contributed by atoms with van der Waals surface area (Å²) in [6.07, 6.45) is 4.66. The molecule has 74 valence electrons.